The Bertz CT molecular complexity index is 392. The van der Waals surface area contributed by atoms with Gasteiger partial charge in [-0.05, 0) is 37.8 Å². The molecule has 0 aliphatic heterocycles. The fourth-order valence-corrected chi connectivity index (χ4v) is 1.75. The number of hydrogen-bond donors (Lipinski definition) is 3. The van der Waals surface area contributed by atoms with Crippen LogP contribution in [0.15, 0.2) is 24.3 Å². The van der Waals surface area contributed by atoms with Crippen molar-refractivity contribution in [3.8, 4) is 0 Å². The molecule has 0 aliphatic rings. The highest BCUT2D eigenvalue weighted by Crippen LogP contribution is 2.18. The van der Waals surface area contributed by atoms with Gasteiger partial charge in [0.1, 0.15) is 0 Å². The van der Waals surface area contributed by atoms with E-state index in [1.54, 1.807) is 26.0 Å². The Morgan fingerprint density at radius 2 is 1.89 bits per heavy atom. The van der Waals surface area contributed by atoms with E-state index in [1.165, 1.54) is 0 Å². The summed E-state index contributed by atoms with van der Waals surface area (Å²) in [6, 6.07) is 7.38. The maximum Gasteiger partial charge on any atom is 0.312 e. The quantitative estimate of drug-likeness (QED) is 0.715. The van der Waals surface area contributed by atoms with Gasteiger partial charge < -0.3 is 15.9 Å². The average Bonchev–Trinajstić information content (AvgIpc) is 2.27. The Kier molecular flexibility index (Phi) is 4.87. The Morgan fingerprint density at radius 1 is 1.33 bits per heavy atom. The largest absolute Gasteiger partial charge is 0.481 e. The van der Waals surface area contributed by atoms with E-state index in [4.69, 9.17) is 10.8 Å². The van der Waals surface area contributed by atoms with Crippen molar-refractivity contribution in [3.05, 3.63) is 35.4 Å². The molecule has 0 saturated carbocycles. The number of aliphatic carboxylic acids is 1. The second kappa shape index (κ2) is 5.98. The smallest absolute Gasteiger partial charge is 0.312 e. The number of hydrogen-bond acceptors (Lipinski definition) is 3. The average molecular weight is 251 g/mol. The van der Waals surface area contributed by atoms with Gasteiger partial charge >= 0.3 is 5.97 Å². The first kappa shape index (κ1) is 14.7. The molecule has 0 aromatic heterocycles. The Balaban J connectivity index is 2.71. The zero-order valence-electron chi connectivity index (χ0n) is 10.9. The highest BCUT2D eigenvalue weighted by Gasteiger charge is 2.17. The molecular formula is C14H21NO3. The number of carbonyl (C=O) groups is 1. The third kappa shape index (κ3) is 4.47. The van der Waals surface area contributed by atoms with Crippen LogP contribution in [0.5, 0.6) is 0 Å². The fraction of sp³-hybridized carbons (Fsp3) is 0.500. The van der Waals surface area contributed by atoms with Crippen molar-refractivity contribution in [1.29, 1.82) is 0 Å². The highest BCUT2D eigenvalue weighted by atomic mass is 16.4. The van der Waals surface area contributed by atoms with E-state index in [0.29, 0.717) is 6.42 Å². The summed E-state index contributed by atoms with van der Waals surface area (Å²) in [7, 11) is 0. The lowest BCUT2D eigenvalue weighted by Gasteiger charge is -2.17. The van der Waals surface area contributed by atoms with Crippen LogP contribution in [0.25, 0.3) is 0 Å². The van der Waals surface area contributed by atoms with E-state index in [-0.39, 0.29) is 6.54 Å². The number of carboxylic acid groups (broad SMARTS) is 1. The van der Waals surface area contributed by atoms with Crippen LogP contribution in [0.1, 0.15) is 37.3 Å². The first-order valence-electron chi connectivity index (χ1n) is 6.07. The van der Waals surface area contributed by atoms with Gasteiger partial charge in [0.2, 0.25) is 0 Å². The molecule has 4 heteroatoms. The van der Waals surface area contributed by atoms with Gasteiger partial charge in [0.15, 0.2) is 0 Å². The van der Waals surface area contributed by atoms with Crippen molar-refractivity contribution in [2.45, 2.75) is 38.2 Å². The van der Waals surface area contributed by atoms with Gasteiger partial charge in [0.05, 0.1) is 11.5 Å². The zero-order valence-corrected chi connectivity index (χ0v) is 10.9. The van der Waals surface area contributed by atoms with E-state index < -0.39 is 17.5 Å². The van der Waals surface area contributed by atoms with Crippen molar-refractivity contribution >= 4 is 5.97 Å². The van der Waals surface area contributed by atoms with E-state index in [2.05, 4.69) is 0 Å². The van der Waals surface area contributed by atoms with Crippen molar-refractivity contribution in [2.75, 3.05) is 6.54 Å². The summed E-state index contributed by atoms with van der Waals surface area (Å²) >= 11 is 0. The molecule has 18 heavy (non-hydrogen) atoms. The number of rotatable bonds is 6. The van der Waals surface area contributed by atoms with E-state index in [0.717, 1.165) is 17.5 Å². The van der Waals surface area contributed by atoms with Crippen LogP contribution in [0.3, 0.4) is 0 Å². The lowest BCUT2D eigenvalue weighted by Crippen LogP contribution is -2.21. The monoisotopic (exact) mass is 251 g/mol. The van der Waals surface area contributed by atoms with Gasteiger partial charge in [-0.2, -0.15) is 0 Å². The summed E-state index contributed by atoms with van der Waals surface area (Å²) in [6.07, 6.45) is 1.44. The minimum atomic E-state index is -0.901. The standard InChI is InChI=1S/C14H21NO3/c1-14(2,18)8-7-10-3-5-11(6-4-10)12(9-15)13(16)17/h3-6,12,18H,7-9,15H2,1-2H3,(H,16,17). The maximum atomic E-state index is 11.0. The molecule has 0 saturated heterocycles. The van der Waals surface area contributed by atoms with E-state index in [1.807, 2.05) is 12.1 Å². The fourth-order valence-electron chi connectivity index (χ4n) is 1.75. The summed E-state index contributed by atoms with van der Waals surface area (Å²) in [4.78, 5) is 11.0. The number of aryl methyl sites for hydroxylation is 1. The molecule has 4 nitrogen and oxygen atoms in total. The normalized spacial score (nSPS) is 13.3. The summed E-state index contributed by atoms with van der Waals surface area (Å²) in [5, 5.41) is 18.6. The Hall–Kier alpha value is -1.39. The highest BCUT2D eigenvalue weighted by molar-refractivity contribution is 5.76. The van der Waals surface area contributed by atoms with Gasteiger partial charge in [-0.15, -0.1) is 0 Å². The number of carboxylic acids is 1. The van der Waals surface area contributed by atoms with Gasteiger partial charge in [-0.25, -0.2) is 0 Å². The minimum absolute atomic E-state index is 0.0956. The summed E-state index contributed by atoms with van der Waals surface area (Å²) in [5.74, 6) is -1.55. The topological polar surface area (TPSA) is 83.5 Å². The van der Waals surface area contributed by atoms with Crippen LogP contribution in [0.2, 0.25) is 0 Å². The van der Waals surface area contributed by atoms with Gasteiger partial charge in [0, 0.05) is 6.54 Å². The third-order valence-corrected chi connectivity index (χ3v) is 2.94. The van der Waals surface area contributed by atoms with Crippen molar-refractivity contribution in [2.24, 2.45) is 5.73 Å². The van der Waals surface area contributed by atoms with Gasteiger partial charge in [-0.3, -0.25) is 4.79 Å². The molecule has 1 unspecified atom stereocenters. The predicted octanol–water partition coefficient (Wildman–Crippen LogP) is 1.52. The number of benzene rings is 1. The molecule has 0 aliphatic carbocycles. The molecule has 1 rings (SSSR count). The van der Waals surface area contributed by atoms with Crippen LogP contribution >= 0.6 is 0 Å². The number of nitrogens with two attached hydrogens (primary N) is 1. The molecule has 1 atom stereocenters. The molecular weight excluding hydrogens is 230 g/mol. The molecule has 4 N–H and O–H groups in total. The molecule has 100 valence electrons. The predicted molar refractivity (Wildman–Crippen MR) is 70.5 cm³/mol. The SMILES string of the molecule is CC(C)(O)CCc1ccc(C(CN)C(=O)O)cc1. The third-order valence-electron chi connectivity index (χ3n) is 2.94. The lowest BCUT2D eigenvalue weighted by molar-refractivity contribution is -0.138. The van der Waals surface area contributed by atoms with Crippen molar-refractivity contribution < 1.29 is 15.0 Å². The number of aliphatic hydroxyl groups is 1. The van der Waals surface area contributed by atoms with Crippen molar-refractivity contribution in [3.63, 3.8) is 0 Å². The molecule has 1 aromatic rings. The molecule has 0 radical (unpaired) electrons. The van der Waals surface area contributed by atoms with Gasteiger partial charge in [0.25, 0.3) is 0 Å². The summed E-state index contributed by atoms with van der Waals surface area (Å²) < 4.78 is 0. The molecule has 1 aromatic carbocycles. The molecule has 0 amide bonds. The van der Waals surface area contributed by atoms with Crippen LogP contribution in [0.4, 0.5) is 0 Å². The van der Waals surface area contributed by atoms with Crippen LogP contribution in [-0.2, 0) is 11.2 Å². The lowest BCUT2D eigenvalue weighted by atomic mass is 9.95. The second-order valence-electron chi connectivity index (χ2n) is 5.18. The zero-order chi connectivity index (χ0) is 13.8. The van der Waals surface area contributed by atoms with E-state index >= 15 is 0 Å². The van der Waals surface area contributed by atoms with Gasteiger partial charge in [-0.1, -0.05) is 24.3 Å². The first-order valence-corrected chi connectivity index (χ1v) is 6.07. The van der Waals surface area contributed by atoms with Crippen LogP contribution in [0, 0.1) is 0 Å². The summed E-state index contributed by atoms with van der Waals surface area (Å²) in [5.41, 5.74) is 6.57. The van der Waals surface area contributed by atoms with Crippen LogP contribution in [-0.4, -0.2) is 28.3 Å². The second-order valence-corrected chi connectivity index (χ2v) is 5.18. The molecule has 0 heterocycles. The first-order chi connectivity index (χ1) is 8.33. The molecule has 0 fully saturated rings. The van der Waals surface area contributed by atoms with Crippen LogP contribution < -0.4 is 5.73 Å². The Labute approximate surface area is 107 Å². The minimum Gasteiger partial charge on any atom is -0.481 e. The summed E-state index contributed by atoms with van der Waals surface area (Å²) in [6.45, 7) is 3.64. The van der Waals surface area contributed by atoms with E-state index in [9.17, 15) is 9.90 Å². The Morgan fingerprint density at radius 3 is 2.28 bits per heavy atom. The molecule has 0 bridgehead atoms. The maximum absolute atomic E-state index is 11.0. The molecule has 0 spiro atoms. The van der Waals surface area contributed by atoms with Crippen molar-refractivity contribution in [1.82, 2.24) is 0 Å².